The van der Waals surface area contributed by atoms with Gasteiger partial charge in [0.25, 0.3) is 0 Å². The minimum absolute atomic E-state index is 0.107. The number of carbonyl (C=O) groups is 1. The zero-order valence-electron chi connectivity index (χ0n) is 22.1. The van der Waals surface area contributed by atoms with Crippen LogP contribution in [0.25, 0.3) is 22.3 Å². The van der Waals surface area contributed by atoms with E-state index in [0.29, 0.717) is 33.3 Å². The van der Waals surface area contributed by atoms with E-state index in [-0.39, 0.29) is 22.7 Å². The molecule has 0 fully saturated rings. The number of ether oxygens (including phenoxy) is 3. The van der Waals surface area contributed by atoms with Crippen molar-refractivity contribution >= 4 is 22.6 Å². The Balaban J connectivity index is 1.55. The number of fused-ring (bicyclic) bond motifs is 2. The molecule has 3 aromatic carbocycles. The molecule has 202 valence electrons. The first-order valence-corrected chi connectivity index (χ1v) is 12.4. The molecule has 1 N–H and O–H groups in total. The van der Waals surface area contributed by atoms with E-state index in [1.54, 1.807) is 51.1 Å². The molecule has 1 aromatic heterocycles. The van der Waals surface area contributed by atoms with Crippen molar-refractivity contribution in [3.05, 3.63) is 87.6 Å². The number of para-hydroxylation sites is 1. The first kappa shape index (κ1) is 26.2. The van der Waals surface area contributed by atoms with E-state index in [0.717, 1.165) is 5.56 Å². The molecular weight excluding hydrogens is 508 g/mol. The van der Waals surface area contributed by atoms with Crippen LogP contribution in [0.2, 0.25) is 0 Å². The van der Waals surface area contributed by atoms with Crippen molar-refractivity contribution < 1.29 is 32.2 Å². The van der Waals surface area contributed by atoms with Gasteiger partial charge in [-0.25, -0.2) is 4.79 Å². The highest BCUT2D eigenvalue weighted by molar-refractivity contribution is 5.96. The van der Waals surface area contributed by atoms with E-state index in [1.165, 1.54) is 24.3 Å². The summed E-state index contributed by atoms with van der Waals surface area (Å²) >= 11 is 0. The average Bonchev–Trinajstić information content (AvgIpc) is 3.16. The molecule has 1 atom stereocenters. The monoisotopic (exact) mass is 535 g/mol. The number of carbonyl (C=O) groups excluding carboxylic acids is 1. The van der Waals surface area contributed by atoms with Crippen LogP contribution in [0.1, 0.15) is 55.2 Å². The van der Waals surface area contributed by atoms with Crippen LogP contribution < -0.4 is 20.2 Å². The first-order chi connectivity index (χ1) is 18.3. The Bertz CT molecular complexity index is 1650. The van der Waals surface area contributed by atoms with Gasteiger partial charge in [-0.15, -0.1) is 8.78 Å². The van der Waals surface area contributed by atoms with Gasteiger partial charge in [0, 0.05) is 22.9 Å². The molecule has 39 heavy (non-hydrogen) atoms. The van der Waals surface area contributed by atoms with Gasteiger partial charge in [-0.05, 0) is 76.6 Å². The Morgan fingerprint density at radius 3 is 2.46 bits per heavy atom. The highest BCUT2D eigenvalue weighted by Gasteiger charge is 2.43. The molecular formula is C30H27F2NO6. The predicted molar refractivity (Wildman–Crippen MR) is 143 cm³/mol. The lowest BCUT2D eigenvalue weighted by Gasteiger charge is -2.22. The summed E-state index contributed by atoms with van der Waals surface area (Å²) in [5.74, 6) is -0.544. The quantitative estimate of drug-likeness (QED) is 0.270. The van der Waals surface area contributed by atoms with Gasteiger partial charge in [-0.2, -0.15) is 0 Å². The van der Waals surface area contributed by atoms with Crippen molar-refractivity contribution in [3.8, 4) is 22.8 Å². The van der Waals surface area contributed by atoms with Crippen LogP contribution in [0.5, 0.6) is 11.5 Å². The van der Waals surface area contributed by atoms with E-state index in [2.05, 4.69) is 14.8 Å². The molecule has 1 aliphatic heterocycles. The highest BCUT2D eigenvalue weighted by Crippen LogP contribution is 2.43. The van der Waals surface area contributed by atoms with Gasteiger partial charge in [-0.3, -0.25) is 4.79 Å². The fraction of sp³-hybridized carbons (Fsp3) is 0.267. The maximum absolute atomic E-state index is 13.5. The molecule has 1 aliphatic rings. The van der Waals surface area contributed by atoms with Crippen LogP contribution in [0, 0.1) is 6.92 Å². The van der Waals surface area contributed by atoms with Gasteiger partial charge in [0.1, 0.15) is 16.9 Å². The van der Waals surface area contributed by atoms with Crippen molar-refractivity contribution in [2.24, 2.45) is 0 Å². The minimum atomic E-state index is -3.76. The van der Waals surface area contributed by atoms with E-state index in [1.807, 2.05) is 19.9 Å². The Morgan fingerprint density at radius 1 is 1.00 bits per heavy atom. The fourth-order valence-electron chi connectivity index (χ4n) is 4.43. The van der Waals surface area contributed by atoms with Crippen LogP contribution in [-0.2, 0) is 4.74 Å². The molecule has 0 saturated heterocycles. The molecule has 0 radical (unpaired) electrons. The summed E-state index contributed by atoms with van der Waals surface area (Å²) < 4.78 is 47.8. The Labute approximate surface area is 223 Å². The SMILES string of the molecule is Cc1cc(C(C)Nc2ccccc2C(=O)OC(C)(C)C)c2oc(-c3ccc4c(c3)OC(F)(F)O4)cc(=O)c2c1. The number of hydrogen-bond donors (Lipinski definition) is 1. The second-order valence-electron chi connectivity index (χ2n) is 10.4. The summed E-state index contributed by atoms with van der Waals surface area (Å²) in [6.45, 7) is 9.15. The molecule has 4 aromatic rings. The number of alkyl halides is 2. The maximum Gasteiger partial charge on any atom is 0.586 e. The largest absolute Gasteiger partial charge is 0.586 e. The molecule has 0 spiro atoms. The van der Waals surface area contributed by atoms with E-state index >= 15 is 0 Å². The third-order valence-corrected chi connectivity index (χ3v) is 6.07. The van der Waals surface area contributed by atoms with E-state index < -0.39 is 23.9 Å². The van der Waals surface area contributed by atoms with Gasteiger partial charge in [0.15, 0.2) is 16.9 Å². The molecule has 0 amide bonds. The zero-order chi connectivity index (χ0) is 28.1. The van der Waals surface area contributed by atoms with Crippen LogP contribution >= 0.6 is 0 Å². The summed E-state index contributed by atoms with van der Waals surface area (Å²) in [6.07, 6.45) is -3.76. The molecule has 1 unspecified atom stereocenters. The van der Waals surface area contributed by atoms with Gasteiger partial charge >= 0.3 is 12.3 Å². The van der Waals surface area contributed by atoms with E-state index in [9.17, 15) is 18.4 Å². The van der Waals surface area contributed by atoms with Crippen LogP contribution in [0.4, 0.5) is 14.5 Å². The lowest BCUT2D eigenvalue weighted by molar-refractivity contribution is -0.286. The summed E-state index contributed by atoms with van der Waals surface area (Å²) in [4.78, 5) is 26.0. The molecule has 9 heteroatoms. The molecule has 0 saturated carbocycles. The molecule has 0 bridgehead atoms. The average molecular weight is 536 g/mol. The van der Waals surface area contributed by atoms with Crippen molar-refractivity contribution in [2.75, 3.05) is 5.32 Å². The topological polar surface area (TPSA) is 87.0 Å². The smallest absolute Gasteiger partial charge is 0.456 e. The third-order valence-electron chi connectivity index (χ3n) is 6.07. The molecule has 5 rings (SSSR count). The van der Waals surface area contributed by atoms with Gasteiger partial charge < -0.3 is 23.9 Å². The number of halogens is 2. The Kier molecular flexibility index (Phi) is 6.33. The number of hydrogen-bond acceptors (Lipinski definition) is 7. The lowest BCUT2D eigenvalue weighted by atomic mass is 10.00. The molecule has 7 nitrogen and oxygen atoms in total. The number of anilines is 1. The molecule has 0 aliphatic carbocycles. The Hall–Kier alpha value is -4.40. The maximum atomic E-state index is 13.5. The number of aryl methyl sites for hydroxylation is 1. The zero-order valence-corrected chi connectivity index (χ0v) is 22.1. The Morgan fingerprint density at radius 2 is 1.72 bits per heavy atom. The standard InChI is InChI=1S/C30H27F2NO6/c1-16-12-20(17(2)33-22-9-7-6-8-19(22)28(35)39-29(3,4)5)27-21(13-16)23(34)15-25(36-27)18-10-11-24-26(14-18)38-30(31,32)37-24/h6-15,17,33H,1-5H3. The summed E-state index contributed by atoms with van der Waals surface area (Å²) in [5, 5.41) is 3.72. The summed E-state index contributed by atoms with van der Waals surface area (Å²) in [5.41, 5.74) is 2.21. The number of rotatable bonds is 5. The van der Waals surface area contributed by atoms with E-state index in [4.69, 9.17) is 9.15 Å². The molecule has 2 heterocycles. The summed E-state index contributed by atoms with van der Waals surface area (Å²) in [6, 6.07) is 15.7. The highest BCUT2D eigenvalue weighted by atomic mass is 19.3. The lowest BCUT2D eigenvalue weighted by Crippen LogP contribution is -2.25. The normalized spacial score (nSPS) is 14.7. The second-order valence-corrected chi connectivity index (χ2v) is 10.4. The second kappa shape index (κ2) is 9.41. The minimum Gasteiger partial charge on any atom is -0.456 e. The first-order valence-electron chi connectivity index (χ1n) is 12.4. The van der Waals surface area contributed by atoms with Gasteiger partial charge in [0.05, 0.1) is 17.0 Å². The van der Waals surface area contributed by atoms with Crippen molar-refractivity contribution in [1.82, 2.24) is 0 Å². The fourth-order valence-corrected chi connectivity index (χ4v) is 4.43. The van der Waals surface area contributed by atoms with Gasteiger partial charge in [-0.1, -0.05) is 18.2 Å². The van der Waals surface area contributed by atoms with Gasteiger partial charge in [0.2, 0.25) is 0 Å². The number of nitrogens with one attached hydrogen (secondary N) is 1. The number of benzene rings is 3. The predicted octanol–water partition coefficient (Wildman–Crippen LogP) is 7.22. The van der Waals surface area contributed by atoms with Crippen molar-refractivity contribution in [1.29, 1.82) is 0 Å². The summed E-state index contributed by atoms with van der Waals surface area (Å²) in [7, 11) is 0. The van der Waals surface area contributed by atoms with Crippen LogP contribution in [0.15, 0.2) is 69.9 Å². The van der Waals surface area contributed by atoms with Crippen molar-refractivity contribution in [3.63, 3.8) is 0 Å². The van der Waals surface area contributed by atoms with Crippen LogP contribution in [0.3, 0.4) is 0 Å². The number of esters is 1. The van der Waals surface area contributed by atoms with Crippen LogP contribution in [-0.4, -0.2) is 17.9 Å². The third kappa shape index (κ3) is 5.43. The van der Waals surface area contributed by atoms with Crippen molar-refractivity contribution in [2.45, 2.75) is 52.6 Å².